The van der Waals surface area contributed by atoms with Crippen molar-refractivity contribution in [3.63, 3.8) is 0 Å². The molecule has 3 rings (SSSR count). The van der Waals surface area contributed by atoms with Crippen LogP contribution in [0.5, 0.6) is 0 Å². The number of aromatic nitrogens is 2. The molecule has 0 bridgehead atoms. The fourth-order valence-electron chi connectivity index (χ4n) is 5.54. The summed E-state index contributed by atoms with van der Waals surface area (Å²) in [5, 5.41) is 3.05. The molecule has 5 heteroatoms. The zero-order valence-electron chi connectivity index (χ0n) is 24.9. The molecule has 2 aromatic carbocycles. The third-order valence-corrected chi connectivity index (χ3v) is 8.47. The van der Waals surface area contributed by atoms with Crippen LogP contribution in [0.2, 0.25) is 0 Å². The van der Waals surface area contributed by atoms with E-state index >= 15 is 0 Å². The van der Waals surface area contributed by atoms with Gasteiger partial charge in [0.2, 0.25) is 0 Å². The van der Waals surface area contributed by atoms with Crippen molar-refractivity contribution in [2.24, 2.45) is 0 Å². The summed E-state index contributed by atoms with van der Waals surface area (Å²) in [4.78, 5) is 17.3. The summed E-state index contributed by atoms with van der Waals surface area (Å²) in [6, 6.07) is 16.0. The molecule has 0 aliphatic rings. The van der Waals surface area contributed by atoms with Crippen molar-refractivity contribution in [2.75, 3.05) is 6.54 Å². The predicted molar refractivity (Wildman–Crippen MR) is 174 cm³/mol. The van der Waals surface area contributed by atoms with Crippen LogP contribution >= 0.6 is 15.9 Å². The summed E-state index contributed by atoms with van der Waals surface area (Å²) in [6.45, 7) is 3.97. The van der Waals surface area contributed by atoms with Crippen molar-refractivity contribution in [1.82, 2.24) is 14.9 Å². The summed E-state index contributed by atoms with van der Waals surface area (Å²) in [5.74, 6) is 1.12. The number of carbonyl (C=O) groups excluding carboxylic acids is 1. The maximum atomic E-state index is 12.4. The van der Waals surface area contributed by atoms with Gasteiger partial charge in [-0.15, -0.1) is 0 Å². The molecule has 40 heavy (non-hydrogen) atoms. The molecule has 1 amide bonds. The van der Waals surface area contributed by atoms with Crippen molar-refractivity contribution in [3.8, 4) is 0 Å². The minimum absolute atomic E-state index is 0.0193. The van der Waals surface area contributed by atoms with Crippen molar-refractivity contribution >= 4 is 32.9 Å². The van der Waals surface area contributed by atoms with E-state index in [9.17, 15) is 4.79 Å². The molecule has 0 saturated carbocycles. The molecule has 0 fully saturated rings. The second-order valence-electron chi connectivity index (χ2n) is 11.3. The Morgan fingerprint density at radius 2 is 1.27 bits per heavy atom. The molecular formula is C35H52BrN3O. The van der Waals surface area contributed by atoms with Crippen LogP contribution in [0.3, 0.4) is 0 Å². The van der Waals surface area contributed by atoms with E-state index in [1.807, 2.05) is 24.3 Å². The molecule has 1 heterocycles. The lowest BCUT2D eigenvalue weighted by molar-refractivity contribution is 0.0953. The van der Waals surface area contributed by atoms with E-state index in [2.05, 4.69) is 57.0 Å². The van der Waals surface area contributed by atoms with Crippen LogP contribution in [0, 0.1) is 0 Å². The second kappa shape index (κ2) is 19.9. The van der Waals surface area contributed by atoms with Gasteiger partial charge in [-0.3, -0.25) is 4.79 Å². The Labute approximate surface area is 251 Å². The Balaban J connectivity index is 1.27. The molecule has 3 aromatic rings. The number of nitrogens with zero attached hydrogens (tertiary/aromatic N) is 2. The number of carbonyl (C=O) groups is 1. The topological polar surface area (TPSA) is 46.9 Å². The summed E-state index contributed by atoms with van der Waals surface area (Å²) in [7, 11) is 0. The Hall–Kier alpha value is -2.14. The number of aryl methyl sites for hydroxylation is 2. The lowest BCUT2D eigenvalue weighted by Crippen LogP contribution is -2.25. The fraction of sp³-hybridized carbons (Fsp3) is 0.600. The van der Waals surface area contributed by atoms with E-state index in [-0.39, 0.29) is 5.91 Å². The van der Waals surface area contributed by atoms with Crippen LogP contribution in [0.15, 0.2) is 53.0 Å². The highest BCUT2D eigenvalue weighted by Crippen LogP contribution is 2.19. The average molecular weight is 611 g/mol. The number of nitrogens with one attached hydrogen (secondary N) is 1. The summed E-state index contributed by atoms with van der Waals surface area (Å²) in [6.07, 6.45) is 24.0. The van der Waals surface area contributed by atoms with Gasteiger partial charge in [-0.2, -0.15) is 0 Å². The normalized spacial score (nSPS) is 11.3. The maximum absolute atomic E-state index is 12.4. The third kappa shape index (κ3) is 12.2. The van der Waals surface area contributed by atoms with Gasteiger partial charge in [0.05, 0.1) is 11.0 Å². The van der Waals surface area contributed by atoms with E-state index in [0.29, 0.717) is 12.1 Å². The van der Waals surface area contributed by atoms with Gasteiger partial charge in [-0.05, 0) is 49.2 Å². The summed E-state index contributed by atoms with van der Waals surface area (Å²) in [5.41, 5.74) is 3.00. The predicted octanol–water partition coefficient (Wildman–Crippen LogP) is 10.4. The molecule has 0 radical (unpaired) electrons. The first-order chi connectivity index (χ1) is 19.7. The number of hydrogen-bond donors (Lipinski definition) is 1. The Morgan fingerprint density at radius 1 is 0.725 bits per heavy atom. The molecule has 0 atom stereocenters. The minimum Gasteiger partial charge on any atom is -0.352 e. The van der Waals surface area contributed by atoms with Crippen LogP contribution in [0.4, 0.5) is 0 Å². The molecule has 4 nitrogen and oxygen atoms in total. The molecule has 1 aromatic heterocycles. The van der Waals surface area contributed by atoms with E-state index < -0.39 is 0 Å². The number of halogens is 1. The molecule has 0 aliphatic heterocycles. The van der Waals surface area contributed by atoms with Crippen LogP contribution in [-0.2, 0) is 13.0 Å². The smallest absolute Gasteiger partial charge is 0.251 e. The van der Waals surface area contributed by atoms with Crippen LogP contribution in [0.25, 0.3) is 11.0 Å². The quantitative estimate of drug-likeness (QED) is 0.115. The first kappa shape index (κ1) is 32.4. The van der Waals surface area contributed by atoms with Crippen LogP contribution in [-0.4, -0.2) is 22.0 Å². The van der Waals surface area contributed by atoms with E-state index in [4.69, 9.17) is 4.98 Å². The van der Waals surface area contributed by atoms with Crippen molar-refractivity contribution < 1.29 is 4.79 Å². The van der Waals surface area contributed by atoms with Gasteiger partial charge >= 0.3 is 0 Å². The largest absolute Gasteiger partial charge is 0.352 e. The van der Waals surface area contributed by atoms with Crippen molar-refractivity contribution in [3.05, 3.63) is 64.4 Å². The minimum atomic E-state index is -0.0193. The van der Waals surface area contributed by atoms with E-state index in [1.165, 1.54) is 108 Å². The van der Waals surface area contributed by atoms with Crippen molar-refractivity contribution in [1.29, 1.82) is 0 Å². The molecule has 0 spiro atoms. The monoisotopic (exact) mass is 609 g/mol. The number of amides is 1. The first-order valence-corrected chi connectivity index (χ1v) is 17.0. The number of hydrogen-bond acceptors (Lipinski definition) is 2. The first-order valence-electron chi connectivity index (χ1n) is 16.2. The Morgan fingerprint density at radius 3 is 1.88 bits per heavy atom. The second-order valence-corrected chi connectivity index (χ2v) is 12.3. The highest BCUT2D eigenvalue weighted by molar-refractivity contribution is 9.10. The number of para-hydroxylation sites is 2. The lowest BCUT2D eigenvalue weighted by Gasteiger charge is -2.10. The van der Waals surface area contributed by atoms with Gasteiger partial charge in [0.15, 0.2) is 0 Å². The number of rotatable bonds is 22. The summed E-state index contributed by atoms with van der Waals surface area (Å²) >= 11 is 3.42. The zero-order chi connectivity index (χ0) is 28.3. The standard InChI is InChI=1S/C35H52BrN3O/c1-2-3-4-5-6-7-8-9-10-11-12-13-14-15-16-19-29-39-33-22-18-17-21-32(33)38-34(39)23-20-28-37-35(40)30-24-26-31(36)27-25-30/h17-18,21-22,24-27H,2-16,19-20,23,28-29H2,1H3,(H,37,40). The molecule has 0 saturated heterocycles. The Bertz CT molecular complexity index is 1090. The third-order valence-electron chi connectivity index (χ3n) is 7.94. The number of imidazole rings is 1. The van der Waals surface area contributed by atoms with Crippen LogP contribution in [0.1, 0.15) is 132 Å². The highest BCUT2D eigenvalue weighted by atomic mass is 79.9. The highest BCUT2D eigenvalue weighted by Gasteiger charge is 2.11. The van der Waals surface area contributed by atoms with Gasteiger partial charge in [-0.1, -0.05) is 131 Å². The van der Waals surface area contributed by atoms with Gasteiger partial charge < -0.3 is 9.88 Å². The average Bonchev–Trinajstić information content (AvgIpc) is 3.32. The molecular weight excluding hydrogens is 558 g/mol. The van der Waals surface area contributed by atoms with Gasteiger partial charge in [-0.25, -0.2) is 4.98 Å². The Kier molecular flexibility index (Phi) is 16.1. The molecule has 1 N–H and O–H groups in total. The van der Waals surface area contributed by atoms with Gasteiger partial charge in [0.1, 0.15) is 5.82 Å². The maximum Gasteiger partial charge on any atom is 0.251 e. The van der Waals surface area contributed by atoms with E-state index in [1.54, 1.807) is 0 Å². The zero-order valence-corrected chi connectivity index (χ0v) is 26.5. The van der Waals surface area contributed by atoms with Gasteiger partial charge in [0.25, 0.3) is 5.91 Å². The SMILES string of the molecule is CCCCCCCCCCCCCCCCCCn1c(CCCNC(=O)c2ccc(Br)cc2)nc2ccccc21. The van der Waals surface area contributed by atoms with Crippen LogP contribution < -0.4 is 5.32 Å². The number of fused-ring (bicyclic) bond motifs is 1. The molecule has 0 aliphatic carbocycles. The molecule has 220 valence electrons. The van der Waals surface area contributed by atoms with E-state index in [0.717, 1.165) is 35.2 Å². The fourth-order valence-corrected chi connectivity index (χ4v) is 5.80. The summed E-state index contributed by atoms with van der Waals surface area (Å²) < 4.78 is 3.39. The number of unbranched alkanes of at least 4 members (excludes halogenated alkanes) is 15. The van der Waals surface area contributed by atoms with Gasteiger partial charge in [0, 0.05) is 29.5 Å². The number of benzene rings is 2. The lowest BCUT2D eigenvalue weighted by atomic mass is 10.0. The molecule has 0 unspecified atom stereocenters. The van der Waals surface area contributed by atoms with Crippen molar-refractivity contribution in [2.45, 2.75) is 129 Å².